The molecule has 0 saturated carbocycles. The number of hydrogen-bond donors (Lipinski definition) is 0. The Hall–Kier alpha value is -4.32. The van der Waals surface area contributed by atoms with E-state index < -0.39 is 10.1 Å². The maximum atomic E-state index is 11.4. The van der Waals surface area contributed by atoms with Gasteiger partial charge in [0.1, 0.15) is 16.7 Å². The van der Waals surface area contributed by atoms with Gasteiger partial charge in [-0.1, -0.05) is 198 Å². The second-order valence-corrected chi connectivity index (χ2v) is 17.2. The molecule has 308 valence electrons. The fraction of sp³-hybridized carbons (Fsp3) is 0.306. The maximum absolute atomic E-state index is 11.4. The number of hydrogen-bond acceptors (Lipinski definition) is 7. The fourth-order valence-corrected chi connectivity index (χ4v) is 7.86. The molecule has 7 nitrogen and oxygen atoms in total. The van der Waals surface area contributed by atoms with Crippen molar-refractivity contribution in [1.29, 1.82) is 0 Å². The molecule has 5 rings (SSSR count). The van der Waals surface area contributed by atoms with E-state index in [9.17, 15) is 18.2 Å². The molecular formula is C49H58NO6S2-. The molecule has 0 saturated heterocycles. The van der Waals surface area contributed by atoms with Gasteiger partial charge in [-0.15, -0.1) is 0 Å². The molecule has 0 aliphatic rings. The molecule has 0 aromatic heterocycles. The van der Waals surface area contributed by atoms with E-state index >= 15 is 0 Å². The van der Waals surface area contributed by atoms with Gasteiger partial charge < -0.3 is 14.3 Å². The van der Waals surface area contributed by atoms with Crippen LogP contribution in [0.1, 0.15) is 98.9 Å². The third kappa shape index (κ3) is 17.3. The highest BCUT2D eigenvalue weighted by Crippen LogP contribution is 2.26. The van der Waals surface area contributed by atoms with Crippen LogP contribution in [0, 0.1) is 0 Å². The molecule has 0 bridgehead atoms. The standard InChI is InChI=1S/C28H22O6S2.C21H38N/c29-33-34-35-27-7-3-1-5-25(27)19-13-21-9-15-23(16-10-21)24-17-11-22(12-18-24)14-20-26-6-2-4-8-28(26)36(30,31)32;1-4-5-6-7-8-9-10-11-12-16-19-22(2,3)20-21-17-14-13-15-18-21/h1-20,29H,(H,30,31,32);13-15,17-18H,4-12,16,19-20H2,1-3H3/q;+1/p-2. The van der Waals surface area contributed by atoms with Gasteiger partial charge in [0.15, 0.2) is 0 Å². The van der Waals surface area contributed by atoms with Crippen molar-refractivity contribution in [3.05, 3.63) is 155 Å². The molecule has 58 heavy (non-hydrogen) atoms. The van der Waals surface area contributed by atoms with Crippen LogP contribution in [0.3, 0.4) is 0 Å². The first-order valence-electron chi connectivity index (χ1n) is 20.3. The number of nitrogens with zero attached hydrogens (tertiary/aromatic N) is 1. The first-order valence-corrected chi connectivity index (χ1v) is 22.4. The van der Waals surface area contributed by atoms with E-state index in [0.717, 1.165) is 55.8 Å². The number of benzene rings is 5. The average molecular weight is 821 g/mol. The molecule has 0 atom stereocenters. The Morgan fingerprint density at radius 3 is 1.62 bits per heavy atom. The molecular weight excluding hydrogens is 763 g/mol. The molecule has 0 spiro atoms. The van der Waals surface area contributed by atoms with Gasteiger partial charge in [-0.05, 0) is 58.4 Å². The van der Waals surface area contributed by atoms with Crippen molar-refractivity contribution in [2.75, 3.05) is 20.6 Å². The summed E-state index contributed by atoms with van der Waals surface area (Å²) in [5.41, 5.74) is 6.66. The highest BCUT2D eigenvalue weighted by molar-refractivity contribution is 7.94. The van der Waals surface area contributed by atoms with E-state index in [1.54, 1.807) is 24.3 Å². The highest BCUT2D eigenvalue weighted by atomic mass is 32.2. The molecule has 9 heteroatoms. The van der Waals surface area contributed by atoms with E-state index in [0.29, 0.717) is 5.56 Å². The van der Waals surface area contributed by atoms with Crippen LogP contribution < -0.4 is 5.26 Å². The van der Waals surface area contributed by atoms with Crippen molar-refractivity contribution in [3.63, 3.8) is 0 Å². The smallest absolute Gasteiger partial charge is 0.125 e. The van der Waals surface area contributed by atoms with Crippen molar-refractivity contribution in [1.82, 2.24) is 0 Å². The lowest BCUT2D eigenvalue weighted by Gasteiger charge is -2.30. The zero-order chi connectivity index (χ0) is 41.5. The zero-order valence-corrected chi connectivity index (χ0v) is 35.8. The average Bonchev–Trinajstić information content (AvgIpc) is 3.23. The van der Waals surface area contributed by atoms with Crippen LogP contribution >= 0.6 is 12.0 Å². The Labute approximate surface area is 351 Å². The molecule has 5 aromatic carbocycles. The topological polar surface area (TPSA) is 98.7 Å². The number of rotatable bonds is 22. The van der Waals surface area contributed by atoms with Crippen molar-refractivity contribution in [2.24, 2.45) is 0 Å². The van der Waals surface area contributed by atoms with Gasteiger partial charge >= 0.3 is 0 Å². The third-order valence-corrected chi connectivity index (χ3v) is 11.5. The molecule has 0 unspecified atom stereocenters. The molecule has 0 N–H and O–H groups in total. The summed E-state index contributed by atoms with van der Waals surface area (Å²) in [6, 6.07) is 40.4. The largest absolute Gasteiger partial charge is 0.744 e. The first kappa shape index (κ1) is 46.4. The zero-order valence-electron chi connectivity index (χ0n) is 34.1. The Kier molecular flexibility index (Phi) is 20.2. The quantitative estimate of drug-likeness (QED) is 0.0130. The normalized spacial score (nSPS) is 11.9. The molecule has 0 heterocycles. The van der Waals surface area contributed by atoms with Crippen LogP contribution in [-0.2, 0) is 26.0 Å². The van der Waals surface area contributed by atoms with Crippen molar-refractivity contribution >= 4 is 46.5 Å². The van der Waals surface area contributed by atoms with Crippen LogP contribution in [-0.4, -0.2) is 38.1 Å². The van der Waals surface area contributed by atoms with Gasteiger partial charge in [0, 0.05) is 10.5 Å². The number of quaternary nitrogens is 1. The lowest BCUT2D eigenvalue weighted by atomic mass is 10.0. The first-order chi connectivity index (χ1) is 28.1. The molecule has 0 radical (unpaired) electrons. The molecule has 0 amide bonds. The fourth-order valence-electron chi connectivity index (χ4n) is 6.72. The minimum absolute atomic E-state index is 0.237. The summed E-state index contributed by atoms with van der Waals surface area (Å²) in [5, 5.41) is 13.5. The van der Waals surface area contributed by atoms with Gasteiger partial charge in [0.25, 0.3) is 0 Å². The summed E-state index contributed by atoms with van der Waals surface area (Å²) in [5.74, 6) is 0. The minimum Gasteiger partial charge on any atom is -0.744 e. The molecule has 0 aliphatic carbocycles. The Bertz CT molecular complexity index is 2080. The van der Waals surface area contributed by atoms with Crippen LogP contribution in [0.25, 0.3) is 35.4 Å². The van der Waals surface area contributed by atoms with Crippen LogP contribution in [0.5, 0.6) is 0 Å². The molecule has 0 aliphatic heterocycles. The highest BCUT2D eigenvalue weighted by Gasteiger charge is 2.15. The monoisotopic (exact) mass is 820 g/mol. The second-order valence-electron chi connectivity index (χ2n) is 15.1. The summed E-state index contributed by atoms with van der Waals surface area (Å²) in [4.78, 5) is 0.521. The van der Waals surface area contributed by atoms with Gasteiger partial charge in [0.05, 0.1) is 37.6 Å². The third-order valence-electron chi connectivity index (χ3n) is 9.89. The van der Waals surface area contributed by atoms with E-state index in [1.807, 2.05) is 84.9 Å². The molecule has 0 fully saturated rings. The summed E-state index contributed by atoms with van der Waals surface area (Å²) < 4.78 is 39.9. The number of unbranched alkanes of at least 4 members (excludes halogenated alkanes) is 9. The van der Waals surface area contributed by atoms with E-state index in [1.165, 1.54) is 88.4 Å². The second kappa shape index (κ2) is 25.2. The summed E-state index contributed by atoms with van der Waals surface area (Å²) in [6.07, 6.45) is 21.5. The van der Waals surface area contributed by atoms with Crippen LogP contribution in [0.4, 0.5) is 0 Å². The van der Waals surface area contributed by atoms with Crippen molar-refractivity contribution in [2.45, 2.75) is 87.5 Å². The van der Waals surface area contributed by atoms with Crippen molar-refractivity contribution in [3.8, 4) is 11.1 Å². The van der Waals surface area contributed by atoms with Crippen LogP contribution in [0.15, 0.2) is 137 Å². The Morgan fingerprint density at radius 2 is 1.07 bits per heavy atom. The lowest BCUT2D eigenvalue weighted by Crippen LogP contribution is -2.39. The Balaban J connectivity index is 0.000000291. The summed E-state index contributed by atoms with van der Waals surface area (Å²) in [7, 11) is 0.184. The van der Waals surface area contributed by atoms with Gasteiger partial charge in [-0.3, -0.25) is 5.04 Å². The van der Waals surface area contributed by atoms with E-state index in [4.69, 9.17) is 0 Å². The van der Waals surface area contributed by atoms with Gasteiger partial charge in [0.2, 0.25) is 0 Å². The summed E-state index contributed by atoms with van der Waals surface area (Å²) in [6.45, 7) is 4.74. The van der Waals surface area contributed by atoms with E-state index in [2.05, 4.69) is 60.7 Å². The predicted molar refractivity (Wildman–Crippen MR) is 238 cm³/mol. The van der Waals surface area contributed by atoms with Crippen LogP contribution in [0.2, 0.25) is 0 Å². The SMILES string of the molecule is CCCCCCCCCCCC[N+](C)(C)Cc1ccccc1.O=S(=O)([O-])c1ccccc1C=Cc1ccc(-c2ccc(C=Cc3ccccc3SOO[O-])cc2)cc1. The predicted octanol–water partition coefficient (Wildman–Crippen LogP) is 12.0. The van der Waals surface area contributed by atoms with Gasteiger partial charge in [-0.2, -0.15) is 4.33 Å². The minimum atomic E-state index is -4.54. The lowest BCUT2D eigenvalue weighted by molar-refractivity contribution is -0.903. The van der Waals surface area contributed by atoms with Crippen molar-refractivity contribution < 1.29 is 32.1 Å². The molecule has 5 aromatic rings. The Morgan fingerprint density at radius 1 is 0.586 bits per heavy atom. The van der Waals surface area contributed by atoms with E-state index in [-0.39, 0.29) is 4.90 Å². The van der Waals surface area contributed by atoms with Gasteiger partial charge in [-0.25, -0.2) is 8.42 Å². The maximum Gasteiger partial charge on any atom is 0.125 e. The summed E-state index contributed by atoms with van der Waals surface area (Å²) >= 11 is 0.855.